The van der Waals surface area contributed by atoms with Crippen LogP contribution < -0.4 is 0 Å². The number of ether oxygens (including phenoxy) is 1. The fraction of sp³-hybridized carbons (Fsp3) is 0.769. The maximum absolute atomic E-state index is 11.9. The fourth-order valence-electron chi connectivity index (χ4n) is 2.78. The molecule has 1 aliphatic carbocycles. The molecule has 0 aliphatic heterocycles. The van der Waals surface area contributed by atoms with Gasteiger partial charge in [0.15, 0.2) is 0 Å². The largest absolute Gasteiger partial charge is 0.460 e. The maximum Gasteiger partial charge on any atom is 0.376 e. The van der Waals surface area contributed by atoms with Gasteiger partial charge in [0.2, 0.25) is 5.82 Å². The highest BCUT2D eigenvalue weighted by molar-refractivity contribution is 5.85. The molecule has 0 saturated heterocycles. The van der Waals surface area contributed by atoms with E-state index in [1.807, 2.05) is 11.5 Å². The van der Waals surface area contributed by atoms with Crippen LogP contribution in [0.5, 0.6) is 0 Å². The van der Waals surface area contributed by atoms with Gasteiger partial charge in [-0.05, 0) is 32.6 Å². The molecule has 0 bridgehead atoms. The highest BCUT2D eigenvalue weighted by Gasteiger charge is 2.29. The molecular formula is C13H21N3O2. The van der Waals surface area contributed by atoms with Crippen molar-refractivity contribution in [2.45, 2.75) is 52.5 Å². The Balaban J connectivity index is 2.30. The van der Waals surface area contributed by atoms with Gasteiger partial charge in [-0.1, -0.05) is 19.8 Å². The van der Waals surface area contributed by atoms with Gasteiger partial charge in [-0.3, -0.25) is 0 Å². The lowest BCUT2D eigenvalue weighted by atomic mass is 9.85. The topological polar surface area (TPSA) is 57.0 Å². The Hall–Kier alpha value is -1.39. The summed E-state index contributed by atoms with van der Waals surface area (Å²) < 4.78 is 7.02. The Morgan fingerprint density at radius 2 is 2.11 bits per heavy atom. The summed E-state index contributed by atoms with van der Waals surface area (Å²) in [5, 5.41) is 8.02. The summed E-state index contributed by atoms with van der Waals surface area (Å²) in [7, 11) is 0. The fourth-order valence-corrected chi connectivity index (χ4v) is 2.78. The first kappa shape index (κ1) is 13.1. The third kappa shape index (κ3) is 2.40. The second-order valence-electron chi connectivity index (χ2n) is 4.99. The van der Waals surface area contributed by atoms with Crippen LogP contribution in [-0.2, 0) is 4.74 Å². The second kappa shape index (κ2) is 5.50. The quantitative estimate of drug-likeness (QED) is 0.774. The second-order valence-corrected chi connectivity index (χ2v) is 4.99. The number of esters is 1. The van der Waals surface area contributed by atoms with Crippen molar-refractivity contribution >= 4 is 5.97 Å². The van der Waals surface area contributed by atoms with Gasteiger partial charge < -0.3 is 9.30 Å². The highest BCUT2D eigenvalue weighted by atomic mass is 16.5. The molecule has 0 N–H and O–H groups in total. The zero-order valence-corrected chi connectivity index (χ0v) is 11.3. The third-order valence-corrected chi connectivity index (χ3v) is 3.72. The van der Waals surface area contributed by atoms with Gasteiger partial charge in [0.05, 0.1) is 6.61 Å². The van der Waals surface area contributed by atoms with E-state index in [-0.39, 0.29) is 5.97 Å². The normalized spacial score (nSPS) is 23.9. The van der Waals surface area contributed by atoms with Gasteiger partial charge in [-0.15, -0.1) is 10.2 Å². The lowest BCUT2D eigenvalue weighted by Gasteiger charge is -2.31. The van der Waals surface area contributed by atoms with Crippen LogP contribution in [-0.4, -0.2) is 27.3 Å². The molecule has 1 aromatic heterocycles. The van der Waals surface area contributed by atoms with Crippen molar-refractivity contribution in [1.82, 2.24) is 14.8 Å². The van der Waals surface area contributed by atoms with Gasteiger partial charge in [-0.25, -0.2) is 4.79 Å². The number of carbonyl (C=O) groups excluding carboxylic acids is 1. The van der Waals surface area contributed by atoms with E-state index in [0.29, 0.717) is 24.4 Å². The van der Waals surface area contributed by atoms with Crippen LogP contribution in [0.4, 0.5) is 0 Å². The van der Waals surface area contributed by atoms with Crippen LogP contribution in [0.2, 0.25) is 0 Å². The lowest BCUT2D eigenvalue weighted by molar-refractivity contribution is 0.0498. The van der Waals surface area contributed by atoms with Crippen LogP contribution in [0.25, 0.3) is 0 Å². The predicted molar refractivity (Wildman–Crippen MR) is 67.4 cm³/mol. The van der Waals surface area contributed by atoms with Gasteiger partial charge in [-0.2, -0.15) is 0 Å². The van der Waals surface area contributed by atoms with Gasteiger partial charge in [0, 0.05) is 6.04 Å². The molecule has 0 aromatic carbocycles. The Morgan fingerprint density at radius 3 is 2.78 bits per heavy atom. The molecule has 2 atom stereocenters. The van der Waals surface area contributed by atoms with E-state index < -0.39 is 0 Å². The lowest BCUT2D eigenvalue weighted by Crippen LogP contribution is -2.26. The van der Waals surface area contributed by atoms with Crippen molar-refractivity contribution in [3.05, 3.63) is 11.6 Å². The van der Waals surface area contributed by atoms with Crippen LogP contribution in [0, 0.1) is 12.8 Å². The maximum atomic E-state index is 11.9. The molecular weight excluding hydrogens is 230 g/mol. The molecule has 0 amide bonds. The van der Waals surface area contributed by atoms with Gasteiger partial charge >= 0.3 is 5.97 Å². The summed E-state index contributed by atoms with van der Waals surface area (Å²) in [6.45, 7) is 6.30. The van der Waals surface area contributed by atoms with Crippen LogP contribution in [0.1, 0.15) is 62.0 Å². The Labute approximate surface area is 108 Å². The molecule has 1 saturated carbocycles. The van der Waals surface area contributed by atoms with Crippen LogP contribution in [0.15, 0.2) is 0 Å². The van der Waals surface area contributed by atoms with E-state index in [1.54, 1.807) is 6.92 Å². The highest BCUT2D eigenvalue weighted by Crippen LogP contribution is 2.34. The summed E-state index contributed by atoms with van der Waals surface area (Å²) in [6, 6.07) is 0.327. The number of hydrogen-bond donors (Lipinski definition) is 0. The Morgan fingerprint density at radius 1 is 1.39 bits per heavy atom. The van der Waals surface area contributed by atoms with Gasteiger partial charge in [0.25, 0.3) is 0 Å². The van der Waals surface area contributed by atoms with Crippen LogP contribution in [0.3, 0.4) is 0 Å². The summed E-state index contributed by atoms with van der Waals surface area (Å²) in [6.07, 6.45) is 4.76. The monoisotopic (exact) mass is 251 g/mol. The van der Waals surface area contributed by atoms with Crippen molar-refractivity contribution in [1.29, 1.82) is 0 Å². The van der Waals surface area contributed by atoms with E-state index in [9.17, 15) is 4.79 Å². The minimum atomic E-state index is -0.365. The molecule has 5 nitrogen and oxygen atoms in total. The van der Waals surface area contributed by atoms with Crippen molar-refractivity contribution in [3.8, 4) is 0 Å². The molecule has 1 fully saturated rings. The van der Waals surface area contributed by atoms with Crippen molar-refractivity contribution in [3.63, 3.8) is 0 Å². The number of carbonyl (C=O) groups is 1. The first-order chi connectivity index (χ1) is 8.65. The van der Waals surface area contributed by atoms with Crippen molar-refractivity contribution in [2.75, 3.05) is 6.61 Å². The molecule has 1 aliphatic rings. The standard InChI is InChI=1S/C13H21N3O2/c1-4-18-13(17)12-15-14-10(3)16(12)11-8-6-5-7-9(11)2/h9,11H,4-8H2,1-3H3. The number of rotatable bonds is 3. The zero-order chi connectivity index (χ0) is 13.1. The molecule has 2 rings (SSSR count). The van der Waals surface area contributed by atoms with Crippen molar-refractivity contribution in [2.24, 2.45) is 5.92 Å². The number of aromatic nitrogens is 3. The third-order valence-electron chi connectivity index (χ3n) is 3.72. The first-order valence-corrected chi connectivity index (χ1v) is 6.73. The zero-order valence-electron chi connectivity index (χ0n) is 11.3. The van der Waals surface area contributed by atoms with Gasteiger partial charge in [0.1, 0.15) is 5.82 Å². The molecule has 1 heterocycles. The molecule has 100 valence electrons. The average molecular weight is 251 g/mol. The predicted octanol–water partition coefficient (Wildman–Crippen LogP) is 2.51. The minimum Gasteiger partial charge on any atom is -0.460 e. The number of hydrogen-bond acceptors (Lipinski definition) is 4. The van der Waals surface area contributed by atoms with E-state index in [1.165, 1.54) is 19.3 Å². The molecule has 0 radical (unpaired) electrons. The Kier molecular flexibility index (Phi) is 3.99. The van der Waals surface area contributed by atoms with Crippen molar-refractivity contribution < 1.29 is 9.53 Å². The average Bonchev–Trinajstić information content (AvgIpc) is 2.72. The van der Waals surface area contributed by atoms with Crippen LogP contribution >= 0.6 is 0 Å². The number of aryl methyl sites for hydroxylation is 1. The smallest absolute Gasteiger partial charge is 0.376 e. The molecule has 1 aromatic rings. The van der Waals surface area contributed by atoms with E-state index in [4.69, 9.17) is 4.74 Å². The molecule has 2 unspecified atom stereocenters. The minimum absolute atomic E-state index is 0.327. The molecule has 18 heavy (non-hydrogen) atoms. The summed E-state index contributed by atoms with van der Waals surface area (Å²) in [5.74, 6) is 1.35. The summed E-state index contributed by atoms with van der Waals surface area (Å²) in [4.78, 5) is 11.9. The van der Waals surface area contributed by atoms with E-state index >= 15 is 0 Å². The summed E-state index contributed by atoms with van der Waals surface area (Å²) >= 11 is 0. The SMILES string of the molecule is CCOC(=O)c1nnc(C)n1C1CCCCC1C. The van der Waals surface area contributed by atoms with E-state index in [0.717, 1.165) is 12.2 Å². The Bertz CT molecular complexity index is 428. The summed E-state index contributed by atoms with van der Waals surface area (Å²) in [5.41, 5.74) is 0. The number of nitrogens with zero attached hydrogens (tertiary/aromatic N) is 3. The molecule has 5 heteroatoms. The molecule has 0 spiro atoms. The van der Waals surface area contributed by atoms with E-state index in [2.05, 4.69) is 17.1 Å². The first-order valence-electron chi connectivity index (χ1n) is 6.73.